The van der Waals surface area contributed by atoms with E-state index in [0.29, 0.717) is 5.75 Å². The second-order valence-corrected chi connectivity index (χ2v) is 3.53. The van der Waals surface area contributed by atoms with Crippen LogP contribution in [0.3, 0.4) is 0 Å². The van der Waals surface area contributed by atoms with E-state index in [4.69, 9.17) is 0 Å². The fraction of sp³-hybridized carbons (Fsp3) is 0.333. The van der Waals surface area contributed by atoms with Crippen molar-refractivity contribution in [2.45, 2.75) is 0 Å². The minimum absolute atomic E-state index is 0. The minimum atomic E-state index is -0.00323. The first-order chi connectivity index (χ1) is 6.76. The molecular formula is C9H14ClN3OS. The van der Waals surface area contributed by atoms with Gasteiger partial charge >= 0.3 is 0 Å². The van der Waals surface area contributed by atoms with Gasteiger partial charge in [-0.05, 0) is 18.4 Å². The Kier molecular flexibility index (Phi) is 6.90. The lowest BCUT2D eigenvalue weighted by Crippen LogP contribution is -2.13. The molecule has 1 aromatic heterocycles. The van der Waals surface area contributed by atoms with Crippen LogP contribution in [0.25, 0.3) is 0 Å². The number of nitrogens with one attached hydrogen (secondary N) is 2. The molecule has 0 aliphatic heterocycles. The molecule has 0 unspecified atom stereocenters. The van der Waals surface area contributed by atoms with Gasteiger partial charge < -0.3 is 10.6 Å². The van der Waals surface area contributed by atoms with Crippen molar-refractivity contribution in [3.63, 3.8) is 0 Å². The standard InChI is InChI=1S/C9H13N3OS.ClH/c1-10-8-4-3-7(5-11-8)12-9(13)6-14-2;/h3-5H,6H2,1-2H3,(H,10,11)(H,12,13);1H. The largest absolute Gasteiger partial charge is 0.373 e. The molecule has 0 fully saturated rings. The molecule has 0 aliphatic rings. The maximum absolute atomic E-state index is 11.2. The van der Waals surface area contributed by atoms with E-state index in [1.807, 2.05) is 18.4 Å². The van der Waals surface area contributed by atoms with Crippen molar-refractivity contribution in [2.75, 3.05) is 29.7 Å². The van der Waals surface area contributed by atoms with Gasteiger partial charge in [0, 0.05) is 7.05 Å². The van der Waals surface area contributed by atoms with Crippen LogP contribution in [-0.4, -0.2) is 29.9 Å². The maximum Gasteiger partial charge on any atom is 0.234 e. The van der Waals surface area contributed by atoms with Gasteiger partial charge in [0.15, 0.2) is 0 Å². The second-order valence-electron chi connectivity index (χ2n) is 2.66. The van der Waals surface area contributed by atoms with E-state index < -0.39 is 0 Å². The van der Waals surface area contributed by atoms with Crippen LogP contribution in [0.5, 0.6) is 0 Å². The molecule has 1 aromatic rings. The quantitative estimate of drug-likeness (QED) is 0.853. The summed E-state index contributed by atoms with van der Waals surface area (Å²) in [6, 6.07) is 3.63. The van der Waals surface area contributed by atoms with Crippen molar-refractivity contribution in [3.8, 4) is 0 Å². The van der Waals surface area contributed by atoms with Crippen LogP contribution in [0, 0.1) is 0 Å². The van der Waals surface area contributed by atoms with Gasteiger partial charge in [0.1, 0.15) is 5.82 Å². The molecule has 6 heteroatoms. The fourth-order valence-corrected chi connectivity index (χ4v) is 1.28. The molecule has 0 aromatic carbocycles. The van der Waals surface area contributed by atoms with Gasteiger partial charge in [-0.1, -0.05) is 0 Å². The molecule has 15 heavy (non-hydrogen) atoms. The summed E-state index contributed by atoms with van der Waals surface area (Å²) in [7, 11) is 1.80. The zero-order valence-electron chi connectivity index (χ0n) is 8.61. The zero-order valence-corrected chi connectivity index (χ0v) is 10.2. The molecule has 2 N–H and O–H groups in total. The smallest absolute Gasteiger partial charge is 0.234 e. The molecule has 0 saturated carbocycles. The summed E-state index contributed by atoms with van der Waals surface area (Å²) in [4.78, 5) is 15.3. The number of carbonyl (C=O) groups is 1. The van der Waals surface area contributed by atoms with Crippen LogP contribution < -0.4 is 10.6 Å². The summed E-state index contributed by atoms with van der Waals surface area (Å²) in [5.41, 5.74) is 0.725. The third kappa shape index (κ3) is 4.90. The van der Waals surface area contributed by atoms with Crippen LogP contribution in [0.2, 0.25) is 0 Å². The Morgan fingerprint density at radius 3 is 2.73 bits per heavy atom. The highest BCUT2D eigenvalue weighted by Crippen LogP contribution is 2.09. The van der Waals surface area contributed by atoms with Gasteiger partial charge in [-0.3, -0.25) is 4.79 Å². The molecular weight excluding hydrogens is 234 g/mol. The second kappa shape index (κ2) is 7.36. The van der Waals surface area contributed by atoms with Crippen LogP contribution in [0.4, 0.5) is 11.5 Å². The van der Waals surface area contributed by atoms with E-state index in [-0.39, 0.29) is 18.3 Å². The summed E-state index contributed by atoms with van der Waals surface area (Å²) in [5.74, 6) is 1.25. The number of rotatable bonds is 4. The number of aromatic nitrogens is 1. The number of pyridine rings is 1. The lowest BCUT2D eigenvalue weighted by atomic mass is 10.4. The predicted molar refractivity (Wildman–Crippen MR) is 68.0 cm³/mol. The zero-order chi connectivity index (χ0) is 10.4. The number of hydrogen-bond donors (Lipinski definition) is 2. The molecule has 1 heterocycles. The highest BCUT2D eigenvalue weighted by atomic mass is 35.5. The number of amides is 1. The van der Waals surface area contributed by atoms with Crippen LogP contribution in [0.1, 0.15) is 0 Å². The fourth-order valence-electron chi connectivity index (χ4n) is 0.944. The maximum atomic E-state index is 11.2. The molecule has 1 rings (SSSR count). The van der Waals surface area contributed by atoms with Gasteiger partial charge in [0.05, 0.1) is 17.6 Å². The van der Waals surface area contributed by atoms with Crippen molar-refractivity contribution in [2.24, 2.45) is 0 Å². The number of carbonyl (C=O) groups excluding carboxylic acids is 1. The Bertz CT molecular complexity index is 305. The van der Waals surface area contributed by atoms with Crippen LogP contribution in [-0.2, 0) is 4.79 Å². The van der Waals surface area contributed by atoms with Gasteiger partial charge in [0.25, 0.3) is 0 Å². The summed E-state index contributed by atoms with van der Waals surface area (Å²) < 4.78 is 0. The summed E-state index contributed by atoms with van der Waals surface area (Å²) in [6.45, 7) is 0. The summed E-state index contributed by atoms with van der Waals surface area (Å²) in [6.07, 6.45) is 3.52. The first-order valence-corrected chi connectivity index (χ1v) is 5.58. The molecule has 0 atom stereocenters. The summed E-state index contributed by atoms with van der Waals surface area (Å²) >= 11 is 1.49. The molecule has 0 bridgehead atoms. The lowest BCUT2D eigenvalue weighted by Gasteiger charge is -2.04. The van der Waals surface area contributed by atoms with E-state index in [9.17, 15) is 4.79 Å². The molecule has 1 amide bonds. The number of thioether (sulfide) groups is 1. The minimum Gasteiger partial charge on any atom is -0.373 e. The Hall–Kier alpha value is -0.940. The molecule has 0 aliphatic carbocycles. The first kappa shape index (κ1) is 14.1. The molecule has 4 nitrogen and oxygen atoms in total. The molecule has 0 saturated heterocycles. The highest BCUT2D eigenvalue weighted by molar-refractivity contribution is 7.99. The van der Waals surface area contributed by atoms with E-state index >= 15 is 0 Å². The van der Waals surface area contributed by atoms with E-state index in [1.165, 1.54) is 11.8 Å². The summed E-state index contributed by atoms with van der Waals surface area (Å²) in [5, 5.41) is 5.65. The van der Waals surface area contributed by atoms with Gasteiger partial charge in [-0.25, -0.2) is 4.98 Å². The van der Waals surface area contributed by atoms with Crippen molar-refractivity contribution >= 4 is 41.6 Å². The predicted octanol–water partition coefficient (Wildman–Crippen LogP) is 1.85. The Morgan fingerprint density at radius 1 is 1.53 bits per heavy atom. The van der Waals surface area contributed by atoms with Crippen LogP contribution >= 0.6 is 24.2 Å². The average molecular weight is 248 g/mol. The third-order valence-corrected chi connectivity index (χ3v) is 2.13. The van der Waals surface area contributed by atoms with E-state index in [1.54, 1.807) is 13.2 Å². The van der Waals surface area contributed by atoms with Crippen molar-refractivity contribution in [1.82, 2.24) is 4.98 Å². The molecule has 0 spiro atoms. The lowest BCUT2D eigenvalue weighted by molar-refractivity contribution is -0.113. The topological polar surface area (TPSA) is 54.0 Å². The Morgan fingerprint density at radius 2 is 2.27 bits per heavy atom. The van der Waals surface area contributed by atoms with Crippen molar-refractivity contribution in [3.05, 3.63) is 18.3 Å². The first-order valence-electron chi connectivity index (χ1n) is 4.19. The van der Waals surface area contributed by atoms with Crippen molar-refractivity contribution < 1.29 is 4.79 Å². The Labute approximate surface area is 99.6 Å². The number of hydrogen-bond acceptors (Lipinski definition) is 4. The highest BCUT2D eigenvalue weighted by Gasteiger charge is 2.00. The Balaban J connectivity index is 0.00000196. The van der Waals surface area contributed by atoms with Gasteiger partial charge in [-0.15, -0.1) is 12.4 Å². The normalized spacial score (nSPS) is 8.93. The average Bonchev–Trinajstić information content (AvgIpc) is 2.19. The number of nitrogens with zero attached hydrogens (tertiary/aromatic N) is 1. The van der Waals surface area contributed by atoms with E-state index in [2.05, 4.69) is 15.6 Å². The van der Waals surface area contributed by atoms with Gasteiger partial charge in [0.2, 0.25) is 5.91 Å². The third-order valence-electron chi connectivity index (χ3n) is 1.58. The SMILES string of the molecule is CNc1ccc(NC(=O)CSC)cn1.Cl. The number of anilines is 2. The monoisotopic (exact) mass is 247 g/mol. The molecule has 0 radical (unpaired) electrons. The molecule has 84 valence electrons. The van der Waals surface area contributed by atoms with Crippen molar-refractivity contribution in [1.29, 1.82) is 0 Å². The van der Waals surface area contributed by atoms with E-state index in [0.717, 1.165) is 11.5 Å². The number of halogens is 1. The van der Waals surface area contributed by atoms with Crippen LogP contribution in [0.15, 0.2) is 18.3 Å². The van der Waals surface area contributed by atoms with Gasteiger partial charge in [-0.2, -0.15) is 11.8 Å².